The van der Waals surface area contributed by atoms with Crippen LogP contribution in [0.25, 0.3) is 11.1 Å². The zero-order valence-electron chi connectivity index (χ0n) is 21.9. The minimum absolute atomic E-state index is 0.00530. The van der Waals surface area contributed by atoms with E-state index in [1.165, 1.54) is 0 Å². The van der Waals surface area contributed by atoms with Crippen molar-refractivity contribution in [3.8, 4) is 16.9 Å². The van der Waals surface area contributed by atoms with Gasteiger partial charge in [-0.1, -0.05) is 35.9 Å². The maximum atomic E-state index is 12.6. The topological polar surface area (TPSA) is 73.9 Å². The predicted molar refractivity (Wildman–Crippen MR) is 140 cm³/mol. The first-order valence-corrected chi connectivity index (χ1v) is 12.1. The van der Waals surface area contributed by atoms with Crippen molar-refractivity contribution in [2.24, 2.45) is 0 Å². The van der Waals surface area contributed by atoms with Gasteiger partial charge in [0.2, 0.25) is 0 Å². The average molecular weight is 482 g/mol. The van der Waals surface area contributed by atoms with Crippen LogP contribution in [0.15, 0.2) is 49.1 Å². The Balaban J connectivity index is 2.45. The van der Waals surface area contributed by atoms with E-state index in [-0.39, 0.29) is 13.0 Å². The van der Waals surface area contributed by atoms with E-state index in [1.807, 2.05) is 50.3 Å². The molecule has 0 saturated carbocycles. The van der Waals surface area contributed by atoms with E-state index >= 15 is 0 Å². The lowest BCUT2D eigenvalue weighted by atomic mass is 9.93. The summed E-state index contributed by atoms with van der Waals surface area (Å²) >= 11 is 0. The van der Waals surface area contributed by atoms with E-state index in [4.69, 9.17) is 14.2 Å². The van der Waals surface area contributed by atoms with Crippen LogP contribution in [0.2, 0.25) is 0 Å². The lowest BCUT2D eigenvalue weighted by molar-refractivity contribution is -0.143. The highest BCUT2D eigenvalue weighted by atomic mass is 16.6. The maximum Gasteiger partial charge on any atom is 0.408 e. The summed E-state index contributed by atoms with van der Waals surface area (Å²) in [6.45, 7) is 15.8. The molecule has 6 nitrogen and oxygen atoms in total. The number of rotatable bonds is 11. The Hall–Kier alpha value is -3.28. The molecule has 0 unspecified atom stereocenters. The molecular formula is C29H39NO5. The molecule has 0 aliphatic heterocycles. The Labute approximate surface area is 209 Å². The van der Waals surface area contributed by atoms with Gasteiger partial charge in [0.25, 0.3) is 0 Å². The van der Waals surface area contributed by atoms with E-state index in [0.717, 1.165) is 46.4 Å². The Bertz CT molecular complexity index is 1020. The molecule has 0 spiro atoms. The number of ether oxygens (including phenoxy) is 3. The van der Waals surface area contributed by atoms with E-state index < -0.39 is 23.7 Å². The van der Waals surface area contributed by atoms with Gasteiger partial charge in [-0.2, -0.15) is 0 Å². The first kappa shape index (κ1) is 28.0. The number of unbranched alkanes of at least 4 members (excludes halogenated alkanes) is 1. The van der Waals surface area contributed by atoms with Crippen LogP contribution in [-0.2, 0) is 14.3 Å². The molecule has 1 N–H and O–H groups in total. The molecule has 2 aromatic carbocycles. The highest BCUT2D eigenvalue weighted by Gasteiger charge is 2.24. The van der Waals surface area contributed by atoms with Crippen LogP contribution in [0.3, 0.4) is 0 Å². The molecule has 0 bridgehead atoms. The molecule has 0 radical (unpaired) electrons. The minimum Gasteiger partial charge on any atom is -0.493 e. The van der Waals surface area contributed by atoms with Crippen LogP contribution in [0.5, 0.6) is 5.75 Å². The first-order chi connectivity index (χ1) is 16.5. The van der Waals surface area contributed by atoms with Crippen LogP contribution in [-0.4, -0.2) is 30.9 Å². The number of benzene rings is 2. The number of hydrogen-bond acceptors (Lipinski definition) is 5. The van der Waals surface area contributed by atoms with Gasteiger partial charge >= 0.3 is 12.1 Å². The maximum absolute atomic E-state index is 12.6. The van der Waals surface area contributed by atoms with Crippen molar-refractivity contribution >= 4 is 12.1 Å². The summed E-state index contributed by atoms with van der Waals surface area (Å²) < 4.78 is 16.7. The van der Waals surface area contributed by atoms with Crippen molar-refractivity contribution in [2.45, 2.75) is 72.4 Å². The lowest BCUT2D eigenvalue weighted by Crippen LogP contribution is -2.36. The van der Waals surface area contributed by atoms with Crippen molar-refractivity contribution in [3.63, 3.8) is 0 Å². The van der Waals surface area contributed by atoms with Gasteiger partial charge in [0.15, 0.2) is 0 Å². The number of alkyl carbamates (subject to hydrolysis) is 1. The highest BCUT2D eigenvalue weighted by Crippen LogP contribution is 2.36. The second-order valence-corrected chi connectivity index (χ2v) is 9.57. The van der Waals surface area contributed by atoms with Gasteiger partial charge in [0.1, 0.15) is 11.4 Å². The standard InChI is InChI=1S/C29H39NO5/c1-8-10-11-15-34-25-14-12-13-21(4)27(25)23-17-20(3)16-22(18-23)24(19-26(31)33-9-2)30-28(32)35-29(5,6)7/h8,12-14,16-18,24H,1,9-11,15,19H2,2-7H3,(H,30,32)/t24-/m0/s1. The van der Waals surface area contributed by atoms with Gasteiger partial charge in [0.05, 0.1) is 25.7 Å². The third-order valence-corrected chi connectivity index (χ3v) is 5.20. The summed E-state index contributed by atoms with van der Waals surface area (Å²) in [4.78, 5) is 25.0. The number of esters is 1. The lowest BCUT2D eigenvalue weighted by Gasteiger charge is -2.24. The van der Waals surface area contributed by atoms with Crippen LogP contribution >= 0.6 is 0 Å². The molecule has 1 amide bonds. The summed E-state index contributed by atoms with van der Waals surface area (Å²) in [7, 11) is 0. The van der Waals surface area contributed by atoms with E-state index in [0.29, 0.717) is 6.61 Å². The molecule has 0 heterocycles. The number of carbonyl (C=O) groups is 2. The fourth-order valence-electron chi connectivity index (χ4n) is 3.79. The Morgan fingerprint density at radius 2 is 1.89 bits per heavy atom. The normalized spacial score (nSPS) is 11.9. The van der Waals surface area contributed by atoms with Crippen LogP contribution < -0.4 is 10.1 Å². The summed E-state index contributed by atoms with van der Waals surface area (Å²) in [5, 5.41) is 2.86. The second-order valence-electron chi connectivity index (χ2n) is 9.57. The van der Waals surface area contributed by atoms with Gasteiger partial charge in [-0.15, -0.1) is 6.58 Å². The first-order valence-electron chi connectivity index (χ1n) is 12.1. The third-order valence-electron chi connectivity index (χ3n) is 5.20. The molecule has 1 atom stereocenters. The number of nitrogens with one attached hydrogen (secondary N) is 1. The van der Waals surface area contributed by atoms with Crippen LogP contribution in [0.4, 0.5) is 4.79 Å². The van der Waals surface area contributed by atoms with E-state index in [9.17, 15) is 9.59 Å². The number of hydrogen-bond donors (Lipinski definition) is 1. The molecule has 190 valence electrons. The third kappa shape index (κ3) is 9.12. The fraction of sp³-hybridized carbons (Fsp3) is 0.448. The molecule has 6 heteroatoms. The predicted octanol–water partition coefficient (Wildman–Crippen LogP) is 6.83. The van der Waals surface area contributed by atoms with E-state index in [1.54, 1.807) is 27.7 Å². The highest BCUT2D eigenvalue weighted by molar-refractivity contribution is 5.77. The van der Waals surface area contributed by atoms with Crippen molar-refractivity contribution in [3.05, 3.63) is 65.7 Å². The average Bonchev–Trinajstić information content (AvgIpc) is 2.75. The Morgan fingerprint density at radius 1 is 1.14 bits per heavy atom. The SMILES string of the molecule is C=CCCCOc1cccc(C)c1-c1cc(C)cc([C@H](CC(=O)OCC)NC(=O)OC(C)(C)C)c1. The molecule has 0 aromatic heterocycles. The zero-order valence-corrected chi connectivity index (χ0v) is 21.9. The molecule has 35 heavy (non-hydrogen) atoms. The smallest absolute Gasteiger partial charge is 0.408 e. The number of carbonyl (C=O) groups excluding carboxylic acids is 2. The van der Waals surface area contributed by atoms with Gasteiger partial charge in [-0.05, 0) is 83.2 Å². The van der Waals surface area contributed by atoms with Gasteiger partial charge in [-0.25, -0.2) is 4.79 Å². The number of aryl methyl sites for hydroxylation is 2. The van der Waals surface area contributed by atoms with Crippen molar-refractivity contribution in [1.82, 2.24) is 5.32 Å². The fourth-order valence-corrected chi connectivity index (χ4v) is 3.79. The largest absolute Gasteiger partial charge is 0.493 e. The quantitative estimate of drug-likeness (QED) is 0.216. The summed E-state index contributed by atoms with van der Waals surface area (Å²) in [5.74, 6) is 0.409. The summed E-state index contributed by atoms with van der Waals surface area (Å²) in [5.41, 5.74) is 4.15. The second kappa shape index (κ2) is 13.0. The Kier molecular flexibility index (Phi) is 10.4. The molecule has 0 aliphatic carbocycles. The van der Waals surface area contributed by atoms with Crippen molar-refractivity contribution < 1.29 is 23.8 Å². The van der Waals surface area contributed by atoms with Crippen molar-refractivity contribution in [2.75, 3.05) is 13.2 Å². The minimum atomic E-state index is -0.657. The molecule has 0 fully saturated rings. The molecule has 0 aliphatic rings. The molecule has 2 rings (SSSR count). The Morgan fingerprint density at radius 3 is 2.54 bits per heavy atom. The zero-order chi connectivity index (χ0) is 26.0. The van der Waals surface area contributed by atoms with Gasteiger partial charge in [0, 0.05) is 5.56 Å². The summed E-state index contributed by atoms with van der Waals surface area (Å²) in [6.07, 6.45) is 3.07. The molecule has 2 aromatic rings. The number of amides is 1. The van der Waals surface area contributed by atoms with Crippen LogP contribution in [0, 0.1) is 13.8 Å². The van der Waals surface area contributed by atoms with Crippen molar-refractivity contribution in [1.29, 1.82) is 0 Å². The molecular weight excluding hydrogens is 442 g/mol. The monoisotopic (exact) mass is 481 g/mol. The van der Waals surface area contributed by atoms with Crippen LogP contribution in [0.1, 0.15) is 69.7 Å². The van der Waals surface area contributed by atoms with Gasteiger partial charge < -0.3 is 19.5 Å². The summed E-state index contributed by atoms with van der Waals surface area (Å²) in [6, 6.07) is 11.4. The molecule has 0 saturated heterocycles. The van der Waals surface area contributed by atoms with E-state index in [2.05, 4.69) is 18.0 Å². The van der Waals surface area contributed by atoms with Gasteiger partial charge in [-0.3, -0.25) is 4.79 Å². The number of allylic oxidation sites excluding steroid dienone is 1.